The third-order valence-electron chi connectivity index (χ3n) is 5.37. The van der Waals surface area contributed by atoms with Crippen molar-refractivity contribution < 1.29 is 9.53 Å². The van der Waals surface area contributed by atoms with Crippen LogP contribution in [-0.2, 0) is 4.43 Å². The number of hydrogen-bond donors (Lipinski definition) is 1. The minimum atomic E-state index is -1.84. The second kappa shape index (κ2) is 10.9. The molecule has 0 aliphatic rings. The SMILES string of the molecule is C=CC[C@H](O)C[C@H](C)/C=C/[C@@H](C)[C@@H](/C=C/[Si](C)(C)C)O[Si](C)(C)C(C)(C)C. The van der Waals surface area contributed by atoms with Crippen molar-refractivity contribution >= 4 is 16.4 Å². The Morgan fingerprint density at radius 1 is 1.00 bits per heavy atom. The van der Waals surface area contributed by atoms with Gasteiger partial charge in [-0.15, -0.1) is 6.58 Å². The van der Waals surface area contributed by atoms with E-state index in [0.717, 1.165) is 6.42 Å². The van der Waals surface area contributed by atoms with Crippen molar-refractivity contribution in [2.45, 2.75) is 97.4 Å². The van der Waals surface area contributed by atoms with Gasteiger partial charge in [0.2, 0.25) is 0 Å². The van der Waals surface area contributed by atoms with E-state index >= 15 is 0 Å². The Labute approximate surface area is 171 Å². The molecule has 0 aromatic heterocycles. The molecule has 27 heavy (non-hydrogen) atoms. The first-order chi connectivity index (χ1) is 12.1. The van der Waals surface area contributed by atoms with Crippen LogP contribution in [0, 0.1) is 11.8 Å². The topological polar surface area (TPSA) is 29.5 Å². The molecule has 0 aliphatic heterocycles. The maximum absolute atomic E-state index is 9.98. The van der Waals surface area contributed by atoms with Crippen LogP contribution in [-0.4, -0.2) is 33.7 Å². The van der Waals surface area contributed by atoms with Crippen LogP contribution >= 0.6 is 0 Å². The van der Waals surface area contributed by atoms with E-state index in [2.05, 4.69) is 97.9 Å². The van der Waals surface area contributed by atoms with Gasteiger partial charge in [0.1, 0.15) is 0 Å². The lowest BCUT2D eigenvalue weighted by atomic mass is 9.97. The Kier molecular flexibility index (Phi) is 10.8. The van der Waals surface area contributed by atoms with Gasteiger partial charge in [-0.25, -0.2) is 0 Å². The second-order valence-electron chi connectivity index (χ2n) is 10.7. The highest BCUT2D eigenvalue weighted by Crippen LogP contribution is 2.38. The van der Waals surface area contributed by atoms with Gasteiger partial charge in [-0.3, -0.25) is 0 Å². The van der Waals surface area contributed by atoms with Gasteiger partial charge in [-0.05, 0) is 36.9 Å². The van der Waals surface area contributed by atoms with Crippen molar-refractivity contribution in [3.8, 4) is 0 Å². The molecular formula is C23H46O2Si2. The molecule has 0 aromatic rings. The Morgan fingerprint density at radius 3 is 2.00 bits per heavy atom. The standard InChI is InChI=1S/C23H46O2Si2/c1-12-13-21(24)18-19(2)14-15-20(3)22(16-17-26(7,8)9)25-27(10,11)23(4,5)6/h12,14-17,19-22,24H,1,13,18H2,2-11H3/b15-14+,17-16+/t19-,20-,21+,22-/m1/s1. The summed E-state index contributed by atoms with van der Waals surface area (Å²) in [6, 6.07) is 0. The molecule has 0 spiro atoms. The third kappa shape index (κ3) is 11.2. The highest BCUT2D eigenvalue weighted by atomic mass is 28.4. The van der Waals surface area contributed by atoms with Gasteiger partial charge in [0.05, 0.1) is 20.3 Å². The summed E-state index contributed by atoms with van der Waals surface area (Å²) >= 11 is 0. The zero-order valence-electron chi connectivity index (χ0n) is 19.7. The van der Waals surface area contributed by atoms with Crippen molar-refractivity contribution in [3.05, 3.63) is 36.6 Å². The van der Waals surface area contributed by atoms with Gasteiger partial charge in [-0.2, -0.15) is 0 Å². The fraction of sp³-hybridized carbons (Fsp3) is 0.739. The number of aliphatic hydroxyl groups excluding tert-OH is 1. The molecule has 2 nitrogen and oxygen atoms in total. The van der Waals surface area contributed by atoms with E-state index in [9.17, 15) is 5.11 Å². The van der Waals surface area contributed by atoms with Crippen LogP contribution in [0.1, 0.15) is 47.5 Å². The molecule has 0 heterocycles. The van der Waals surface area contributed by atoms with Crippen molar-refractivity contribution in [2.24, 2.45) is 11.8 Å². The molecule has 0 unspecified atom stereocenters. The monoisotopic (exact) mass is 410 g/mol. The lowest BCUT2D eigenvalue weighted by molar-refractivity contribution is 0.156. The van der Waals surface area contributed by atoms with E-state index in [-0.39, 0.29) is 17.2 Å². The highest BCUT2D eigenvalue weighted by Gasteiger charge is 2.39. The molecule has 158 valence electrons. The van der Waals surface area contributed by atoms with E-state index in [4.69, 9.17) is 4.43 Å². The zero-order chi connectivity index (χ0) is 21.5. The van der Waals surface area contributed by atoms with E-state index in [1.54, 1.807) is 6.08 Å². The highest BCUT2D eigenvalue weighted by molar-refractivity contribution is 6.81. The first-order valence-corrected chi connectivity index (χ1v) is 16.9. The van der Waals surface area contributed by atoms with Gasteiger partial charge in [0.25, 0.3) is 0 Å². The smallest absolute Gasteiger partial charge is 0.192 e. The largest absolute Gasteiger partial charge is 0.410 e. The fourth-order valence-electron chi connectivity index (χ4n) is 2.49. The second-order valence-corrected chi connectivity index (χ2v) is 20.5. The fourth-order valence-corrected chi connectivity index (χ4v) is 4.59. The molecule has 0 saturated carbocycles. The van der Waals surface area contributed by atoms with Crippen LogP contribution in [0.15, 0.2) is 36.6 Å². The lowest BCUT2D eigenvalue weighted by Crippen LogP contribution is -2.45. The molecule has 0 aromatic carbocycles. The van der Waals surface area contributed by atoms with Crippen LogP contribution in [0.5, 0.6) is 0 Å². The molecule has 0 saturated heterocycles. The predicted molar refractivity (Wildman–Crippen MR) is 127 cm³/mol. The van der Waals surface area contributed by atoms with E-state index < -0.39 is 16.4 Å². The summed E-state index contributed by atoms with van der Waals surface area (Å²) in [5.41, 5.74) is 2.41. The molecule has 0 radical (unpaired) electrons. The van der Waals surface area contributed by atoms with Gasteiger partial charge in [-0.1, -0.05) is 84.3 Å². The number of aliphatic hydroxyl groups is 1. The van der Waals surface area contributed by atoms with Gasteiger partial charge < -0.3 is 9.53 Å². The molecule has 0 fully saturated rings. The number of rotatable bonds is 11. The lowest BCUT2D eigenvalue weighted by Gasteiger charge is -2.40. The summed E-state index contributed by atoms with van der Waals surface area (Å²) in [7, 11) is -3.12. The van der Waals surface area contributed by atoms with Gasteiger partial charge in [0, 0.05) is 5.92 Å². The summed E-state index contributed by atoms with van der Waals surface area (Å²) < 4.78 is 6.77. The Balaban J connectivity index is 5.28. The van der Waals surface area contributed by atoms with E-state index in [1.807, 2.05) is 0 Å². The Morgan fingerprint density at radius 2 is 1.56 bits per heavy atom. The average molecular weight is 411 g/mol. The summed E-state index contributed by atoms with van der Waals surface area (Å²) in [4.78, 5) is 0. The molecule has 4 heteroatoms. The molecule has 0 aliphatic carbocycles. The molecule has 0 amide bonds. The summed E-state index contributed by atoms with van der Waals surface area (Å²) in [5.74, 6) is 0.655. The number of allylic oxidation sites excluding steroid dienone is 1. The van der Waals surface area contributed by atoms with Gasteiger partial charge >= 0.3 is 0 Å². The van der Waals surface area contributed by atoms with E-state index in [1.165, 1.54) is 0 Å². The maximum Gasteiger partial charge on any atom is 0.192 e. The first kappa shape index (κ1) is 26.6. The summed E-state index contributed by atoms with van der Waals surface area (Å²) in [6.45, 7) is 26.7. The minimum Gasteiger partial charge on any atom is -0.410 e. The Bertz CT molecular complexity index is 495. The van der Waals surface area contributed by atoms with Crippen LogP contribution in [0.2, 0.25) is 37.8 Å². The normalized spacial score (nSPS) is 18.6. The van der Waals surface area contributed by atoms with Crippen molar-refractivity contribution in [1.29, 1.82) is 0 Å². The molecule has 4 atom stereocenters. The van der Waals surface area contributed by atoms with Crippen molar-refractivity contribution in [2.75, 3.05) is 0 Å². The molecule has 0 rings (SSSR count). The maximum atomic E-state index is 9.98. The van der Waals surface area contributed by atoms with Crippen LogP contribution in [0.4, 0.5) is 0 Å². The quantitative estimate of drug-likeness (QED) is 0.294. The minimum absolute atomic E-state index is 0.110. The molecular weight excluding hydrogens is 364 g/mol. The first-order valence-electron chi connectivity index (χ1n) is 10.4. The molecule has 1 N–H and O–H groups in total. The Hall–Kier alpha value is -0.426. The predicted octanol–water partition coefficient (Wildman–Crippen LogP) is 6.97. The van der Waals surface area contributed by atoms with Crippen molar-refractivity contribution in [1.82, 2.24) is 0 Å². The summed E-state index contributed by atoms with van der Waals surface area (Å²) in [6.07, 6.45) is 9.85. The van der Waals surface area contributed by atoms with Crippen LogP contribution < -0.4 is 0 Å². The summed E-state index contributed by atoms with van der Waals surface area (Å²) in [5, 5.41) is 10.2. The average Bonchev–Trinajstić information content (AvgIpc) is 2.47. The zero-order valence-corrected chi connectivity index (χ0v) is 21.7. The van der Waals surface area contributed by atoms with E-state index in [0.29, 0.717) is 18.3 Å². The van der Waals surface area contributed by atoms with Crippen molar-refractivity contribution in [3.63, 3.8) is 0 Å². The third-order valence-corrected chi connectivity index (χ3v) is 11.0. The van der Waals surface area contributed by atoms with Crippen LogP contribution in [0.3, 0.4) is 0 Å². The van der Waals surface area contributed by atoms with Gasteiger partial charge in [0.15, 0.2) is 8.32 Å². The number of hydrogen-bond acceptors (Lipinski definition) is 2. The van der Waals surface area contributed by atoms with Crippen LogP contribution in [0.25, 0.3) is 0 Å². The molecule has 0 bridgehead atoms.